The van der Waals surface area contributed by atoms with Gasteiger partial charge in [-0.3, -0.25) is 4.84 Å². The fourth-order valence-corrected chi connectivity index (χ4v) is 5.55. The predicted octanol–water partition coefficient (Wildman–Crippen LogP) is 5.45. The fourth-order valence-electron chi connectivity index (χ4n) is 5.24. The Morgan fingerprint density at radius 1 is 0.884 bits per heavy atom. The summed E-state index contributed by atoms with van der Waals surface area (Å²) in [6.45, 7) is 0. The average molecular weight is 623 g/mol. The number of ether oxygens (including phenoxy) is 2. The Bertz CT molecular complexity index is 1700. The van der Waals surface area contributed by atoms with Crippen molar-refractivity contribution in [2.45, 2.75) is 36.9 Å². The summed E-state index contributed by atoms with van der Waals surface area (Å²) < 4.78 is 14.0. The van der Waals surface area contributed by atoms with Gasteiger partial charge in [0.05, 0.1) is 22.5 Å². The number of aromatic nitrogens is 3. The quantitative estimate of drug-likeness (QED) is 0.125. The molecule has 3 heterocycles. The molecule has 2 aromatic heterocycles. The zero-order valence-corrected chi connectivity index (χ0v) is 24.3. The molecule has 5 aromatic rings. The van der Waals surface area contributed by atoms with Gasteiger partial charge < -0.3 is 29.4 Å². The van der Waals surface area contributed by atoms with Crippen LogP contribution in [0.1, 0.15) is 29.7 Å². The standard InChI is InChI=1S/C31H28Cl2N4O6/c1-41-36-28-21-13-14-37(29(21)35-16-34-28)30-25(39)24(38)27(42-30)26(20-11-12-22(32)23(33)15-20)43-31(40)19-9-7-18(8-10-19)17-5-3-2-4-6-17/h2-16,24-27,30-31,38-40H,1H3,(H,34,35,36)/t24-,25+,26+,27-,30+,31?/m0/s1. The minimum Gasteiger partial charge on any atom is -0.387 e. The lowest BCUT2D eigenvalue weighted by atomic mass is 9.98. The van der Waals surface area contributed by atoms with E-state index in [0.29, 0.717) is 33.0 Å². The fraction of sp³-hybridized carbons (Fsp3) is 0.226. The van der Waals surface area contributed by atoms with Crippen LogP contribution < -0.4 is 5.48 Å². The smallest absolute Gasteiger partial charge is 0.182 e. The number of nitrogens with one attached hydrogen (secondary N) is 1. The van der Waals surface area contributed by atoms with E-state index in [9.17, 15) is 15.3 Å². The van der Waals surface area contributed by atoms with Gasteiger partial charge >= 0.3 is 0 Å². The van der Waals surface area contributed by atoms with E-state index < -0.39 is 36.9 Å². The van der Waals surface area contributed by atoms with E-state index in [1.165, 1.54) is 13.4 Å². The van der Waals surface area contributed by atoms with Crippen LogP contribution in [-0.2, 0) is 14.3 Å². The Kier molecular flexibility index (Phi) is 8.62. The maximum Gasteiger partial charge on any atom is 0.182 e. The molecular formula is C31H28Cl2N4O6. The number of hydrogen-bond acceptors (Lipinski definition) is 9. The van der Waals surface area contributed by atoms with E-state index in [-0.39, 0.29) is 5.02 Å². The van der Waals surface area contributed by atoms with Gasteiger partial charge in [-0.15, -0.1) is 0 Å². The molecule has 6 rings (SSSR count). The first-order chi connectivity index (χ1) is 20.9. The van der Waals surface area contributed by atoms with Crippen molar-refractivity contribution in [3.8, 4) is 11.1 Å². The molecule has 0 radical (unpaired) electrons. The second-order valence-electron chi connectivity index (χ2n) is 10.0. The summed E-state index contributed by atoms with van der Waals surface area (Å²) in [7, 11) is 1.46. The van der Waals surface area contributed by atoms with Gasteiger partial charge in [-0.2, -0.15) is 0 Å². The van der Waals surface area contributed by atoms with Crippen LogP contribution >= 0.6 is 23.2 Å². The van der Waals surface area contributed by atoms with Crippen molar-refractivity contribution in [1.29, 1.82) is 0 Å². The van der Waals surface area contributed by atoms with Crippen molar-refractivity contribution in [2.75, 3.05) is 12.6 Å². The van der Waals surface area contributed by atoms with Gasteiger partial charge in [-0.1, -0.05) is 83.9 Å². The minimum absolute atomic E-state index is 0.255. The summed E-state index contributed by atoms with van der Waals surface area (Å²) in [6, 6.07) is 23.7. The zero-order chi connectivity index (χ0) is 30.1. The molecule has 0 saturated carbocycles. The molecule has 43 heavy (non-hydrogen) atoms. The third-order valence-corrected chi connectivity index (χ3v) is 8.15. The third kappa shape index (κ3) is 5.84. The van der Waals surface area contributed by atoms with Crippen LogP contribution in [-0.4, -0.2) is 55.3 Å². The minimum atomic E-state index is -1.41. The summed E-state index contributed by atoms with van der Waals surface area (Å²) in [5.74, 6) is 0.425. The Hall–Kier alpha value is -3.58. The van der Waals surface area contributed by atoms with Crippen molar-refractivity contribution in [3.05, 3.63) is 113 Å². The highest BCUT2D eigenvalue weighted by Crippen LogP contribution is 2.42. The van der Waals surface area contributed by atoms with Crippen LogP contribution in [0.15, 0.2) is 91.4 Å². The number of nitrogens with zero attached hydrogens (tertiary/aromatic N) is 3. The van der Waals surface area contributed by atoms with Gasteiger partial charge in [0.25, 0.3) is 0 Å². The molecule has 1 aliphatic rings. The Labute approximate surface area is 257 Å². The highest BCUT2D eigenvalue weighted by atomic mass is 35.5. The van der Waals surface area contributed by atoms with E-state index in [1.807, 2.05) is 42.5 Å². The van der Waals surface area contributed by atoms with Crippen molar-refractivity contribution in [3.63, 3.8) is 0 Å². The van der Waals surface area contributed by atoms with E-state index in [0.717, 1.165) is 11.1 Å². The average Bonchev–Trinajstić information content (AvgIpc) is 3.59. The molecule has 0 aliphatic carbocycles. The molecule has 1 fully saturated rings. The van der Waals surface area contributed by atoms with E-state index in [4.69, 9.17) is 37.5 Å². The number of halogens is 2. The number of anilines is 1. The Balaban J connectivity index is 1.31. The molecule has 1 aliphatic heterocycles. The highest BCUT2D eigenvalue weighted by Gasteiger charge is 2.49. The third-order valence-electron chi connectivity index (χ3n) is 7.41. The molecule has 3 aromatic carbocycles. The molecule has 4 N–H and O–H groups in total. The Morgan fingerprint density at radius 2 is 1.60 bits per heavy atom. The van der Waals surface area contributed by atoms with Crippen LogP contribution in [0.2, 0.25) is 10.0 Å². The number of aliphatic hydroxyl groups excluding tert-OH is 3. The molecule has 0 spiro atoms. The summed E-state index contributed by atoms with van der Waals surface area (Å²) in [5.41, 5.74) is 6.12. The number of aliphatic hydroxyl groups is 3. The van der Waals surface area contributed by atoms with Crippen LogP contribution in [0, 0.1) is 0 Å². The number of benzene rings is 3. The van der Waals surface area contributed by atoms with Crippen LogP contribution in [0.4, 0.5) is 5.82 Å². The monoisotopic (exact) mass is 622 g/mol. The van der Waals surface area contributed by atoms with Crippen molar-refractivity contribution in [1.82, 2.24) is 14.5 Å². The number of hydrogen-bond donors (Lipinski definition) is 4. The SMILES string of the molecule is CONc1ncnc2c1ccn2[C@@H]1O[C@H]([C@H](OC(O)c2ccc(-c3ccccc3)cc2)c2ccc(Cl)c(Cl)c2)[C@@H](O)[C@H]1O. The van der Waals surface area contributed by atoms with Crippen LogP contribution in [0.3, 0.4) is 0 Å². The van der Waals surface area contributed by atoms with Crippen LogP contribution in [0.5, 0.6) is 0 Å². The molecule has 0 amide bonds. The molecule has 10 nitrogen and oxygen atoms in total. The number of fused-ring (bicyclic) bond motifs is 1. The molecule has 1 saturated heterocycles. The van der Waals surface area contributed by atoms with Crippen molar-refractivity contribution in [2.24, 2.45) is 0 Å². The molecule has 12 heteroatoms. The van der Waals surface area contributed by atoms with Crippen molar-refractivity contribution < 1.29 is 29.6 Å². The first-order valence-corrected chi connectivity index (χ1v) is 14.2. The van der Waals surface area contributed by atoms with E-state index >= 15 is 0 Å². The lowest BCUT2D eigenvalue weighted by molar-refractivity contribution is -0.192. The summed E-state index contributed by atoms with van der Waals surface area (Å²) in [5, 5.41) is 34.8. The van der Waals surface area contributed by atoms with Gasteiger partial charge in [-0.05, 0) is 34.9 Å². The molecule has 6 atom stereocenters. The van der Waals surface area contributed by atoms with Gasteiger partial charge in [0.1, 0.15) is 36.4 Å². The lowest BCUT2D eigenvalue weighted by Crippen LogP contribution is -2.36. The van der Waals surface area contributed by atoms with Gasteiger partial charge in [0.15, 0.2) is 18.3 Å². The van der Waals surface area contributed by atoms with E-state index in [2.05, 4.69) is 15.4 Å². The normalized spacial score (nSPS) is 21.6. The zero-order valence-electron chi connectivity index (χ0n) is 22.8. The van der Waals surface area contributed by atoms with Crippen molar-refractivity contribution >= 4 is 40.1 Å². The summed E-state index contributed by atoms with van der Waals surface area (Å²) in [4.78, 5) is 13.5. The van der Waals surface area contributed by atoms with Gasteiger partial charge in [-0.25, -0.2) is 15.4 Å². The first-order valence-electron chi connectivity index (χ1n) is 13.4. The van der Waals surface area contributed by atoms with E-state index in [1.54, 1.807) is 47.2 Å². The topological polar surface area (TPSA) is 131 Å². The summed E-state index contributed by atoms with van der Waals surface area (Å²) in [6.07, 6.45) is -4.39. The second kappa shape index (κ2) is 12.6. The largest absolute Gasteiger partial charge is 0.387 e. The van der Waals surface area contributed by atoms with Crippen LogP contribution in [0.25, 0.3) is 22.2 Å². The maximum absolute atomic E-state index is 11.3. The molecule has 0 bridgehead atoms. The molecule has 1 unspecified atom stereocenters. The number of rotatable bonds is 9. The summed E-state index contributed by atoms with van der Waals surface area (Å²) >= 11 is 12.5. The maximum atomic E-state index is 11.3. The highest BCUT2D eigenvalue weighted by molar-refractivity contribution is 6.42. The molecular weight excluding hydrogens is 595 g/mol. The first kappa shape index (κ1) is 29.5. The predicted molar refractivity (Wildman–Crippen MR) is 161 cm³/mol. The Morgan fingerprint density at radius 3 is 2.33 bits per heavy atom. The lowest BCUT2D eigenvalue weighted by Gasteiger charge is -2.29. The van der Waals surface area contributed by atoms with Gasteiger partial charge in [0, 0.05) is 11.8 Å². The van der Waals surface area contributed by atoms with Gasteiger partial charge in [0.2, 0.25) is 0 Å². The molecule has 222 valence electrons. The second-order valence-corrected chi connectivity index (χ2v) is 10.8.